The SMILES string of the molecule is NC(N)=[NH+]c1ccc(C(F)(F)F)cc1. The number of halogens is 3. The molecule has 0 heterocycles. The van der Waals surface area contributed by atoms with Crippen LogP contribution >= 0.6 is 0 Å². The van der Waals surface area contributed by atoms with Crippen molar-refractivity contribution in [3.05, 3.63) is 29.8 Å². The van der Waals surface area contributed by atoms with E-state index in [1.165, 1.54) is 12.1 Å². The molecule has 1 aromatic carbocycles. The van der Waals surface area contributed by atoms with E-state index in [1.807, 2.05) is 0 Å². The highest BCUT2D eigenvalue weighted by Gasteiger charge is 2.29. The molecule has 0 atom stereocenters. The second-order valence-corrected chi connectivity index (χ2v) is 2.66. The van der Waals surface area contributed by atoms with Gasteiger partial charge < -0.3 is 0 Å². The molecule has 0 amide bonds. The van der Waals surface area contributed by atoms with Crippen LogP contribution in [0, 0.1) is 0 Å². The Balaban J connectivity index is 2.95. The van der Waals surface area contributed by atoms with Crippen LogP contribution in [0.1, 0.15) is 5.56 Å². The number of nitrogens with one attached hydrogen (secondary N) is 1. The van der Waals surface area contributed by atoms with Crippen molar-refractivity contribution in [1.82, 2.24) is 0 Å². The topological polar surface area (TPSA) is 66.0 Å². The summed E-state index contributed by atoms with van der Waals surface area (Å²) in [6.45, 7) is 0. The molecule has 76 valence electrons. The first-order chi connectivity index (χ1) is 6.39. The molecule has 1 rings (SSSR count). The summed E-state index contributed by atoms with van der Waals surface area (Å²) >= 11 is 0. The molecule has 0 aliphatic rings. The third-order valence-electron chi connectivity index (χ3n) is 1.50. The maximum atomic E-state index is 12.1. The highest BCUT2D eigenvalue weighted by molar-refractivity contribution is 5.70. The summed E-state index contributed by atoms with van der Waals surface area (Å²) in [6, 6.07) is 4.40. The fourth-order valence-electron chi connectivity index (χ4n) is 0.909. The molecule has 0 saturated carbocycles. The lowest BCUT2D eigenvalue weighted by molar-refractivity contribution is -0.356. The number of hydrogen-bond acceptors (Lipinski definition) is 0. The number of benzene rings is 1. The Morgan fingerprint density at radius 2 is 1.57 bits per heavy atom. The van der Waals surface area contributed by atoms with Gasteiger partial charge in [-0.05, 0) is 24.3 Å². The summed E-state index contributed by atoms with van der Waals surface area (Å²) in [4.78, 5) is 2.49. The third kappa shape index (κ3) is 2.65. The minimum Gasteiger partial charge on any atom is -0.291 e. The Hall–Kier alpha value is -1.72. The fourth-order valence-corrected chi connectivity index (χ4v) is 0.909. The van der Waals surface area contributed by atoms with Crippen molar-refractivity contribution < 1.29 is 18.2 Å². The van der Waals surface area contributed by atoms with Crippen LogP contribution in [0.5, 0.6) is 0 Å². The van der Waals surface area contributed by atoms with Crippen LogP contribution in [0.2, 0.25) is 0 Å². The molecule has 0 aliphatic heterocycles. The van der Waals surface area contributed by atoms with E-state index in [4.69, 9.17) is 11.5 Å². The van der Waals surface area contributed by atoms with Crippen LogP contribution in [0.4, 0.5) is 18.9 Å². The first-order valence-electron chi connectivity index (χ1n) is 3.72. The van der Waals surface area contributed by atoms with Crippen molar-refractivity contribution in [3.8, 4) is 0 Å². The molecule has 0 radical (unpaired) electrons. The van der Waals surface area contributed by atoms with Crippen LogP contribution in [-0.4, -0.2) is 5.96 Å². The molecule has 14 heavy (non-hydrogen) atoms. The first-order valence-corrected chi connectivity index (χ1v) is 3.72. The van der Waals surface area contributed by atoms with Crippen molar-refractivity contribution >= 4 is 11.6 Å². The van der Waals surface area contributed by atoms with Crippen LogP contribution in [0.15, 0.2) is 24.3 Å². The van der Waals surface area contributed by atoms with Gasteiger partial charge in [-0.15, -0.1) is 0 Å². The van der Waals surface area contributed by atoms with Gasteiger partial charge in [-0.2, -0.15) is 13.2 Å². The third-order valence-corrected chi connectivity index (χ3v) is 1.50. The zero-order valence-corrected chi connectivity index (χ0v) is 7.10. The standard InChI is InChI=1S/C8H8F3N3/c9-8(10,11)5-1-3-6(4-2-5)14-7(12)13/h1-4H,(H4,12,13,14)/p+1. The summed E-state index contributed by atoms with van der Waals surface area (Å²) in [5, 5.41) is 0. The second-order valence-electron chi connectivity index (χ2n) is 2.66. The van der Waals surface area contributed by atoms with Crippen molar-refractivity contribution in [2.75, 3.05) is 0 Å². The lowest BCUT2D eigenvalue weighted by Crippen LogP contribution is -2.72. The Kier molecular flexibility index (Phi) is 2.64. The number of rotatable bonds is 1. The van der Waals surface area contributed by atoms with Gasteiger partial charge in [-0.1, -0.05) is 0 Å². The Bertz CT molecular complexity index is 336. The molecule has 0 fully saturated rings. The van der Waals surface area contributed by atoms with Crippen LogP contribution in [0.25, 0.3) is 0 Å². The van der Waals surface area contributed by atoms with Gasteiger partial charge in [0.2, 0.25) is 0 Å². The summed E-state index contributed by atoms with van der Waals surface area (Å²) in [7, 11) is 0. The molecule has 1 aromatic rings. The Morgan fingerprint density at radius 1 is 1.07 bits per heavy atom. The van der Waals surface area contributed by atoms with E-state index < -0.39 is 11.7 Å². The molecule has 6 heteroatoms. The lowest BCUT2D eigenvalue weighted by atomic mass is 10.2. The predicted molar refractivity (Wildman–Crippen MR) is 45.4 cm³/mol. The van der Waals surface area contributed by atoms with E-state index in [1.54, 1.807) is 0 Å². The number of nitrogens with two attached hydrogens (primary N) is 2. The zero-order chi connectivity index (χ0) is 10.8. The van der Waals surface area contributed by atoms with Gasteiger partial charge in [0.25, 0.3) is 0 Å². The largest absolute Gasteiger partial charge is 0.416 e. The van der Waals surface area contributed by atoms with Crippen molar-refractivity contribution in [2.45, 2.75) is 6.18 Å². The summed E-state index contributed by atoms with van der Waals surface area (Å²) in [5.41, 5.74) is 9.92. The van der Waals surface area contributed by atoms with Crippen molar-refractivity contribution in [3.63, 3.8) is 0 Å². The normalized spacial score (nSPS) is 11.1. The van der Waals surface area contributed by atoms with Crippen molar-refractivity contribution in [1.29, 1.82) is 0 Å². The molecular weight excluding hydrogens is 195 g/mol. The van der Waals surface area contributed by atoms with E-state index in [-0.39, 0.29) is 5.96 Å². The fraction of sp³-hybridized carbons (Fsp3) is 0.125. The van der Waals surface area contributed by atoms with E-state index in [9.17, 15) is 13.2 Å². The van der Waals surface area contributed by atoms with Crippen LogP contribution in [-0.2, 0) is 6.18 Å². The van der Waals surface area contributed by atoms with Gasteiger partial charge in [0.05, 0.1) is 11.3 Å². The molecular formula is C8H9F3N3+. The minimum atomic E-state index is -4.32. The van der Waals surface area contributed by atoms with Gasteiger partial charge in [0.15, 0.2) is 0 Å². The smallest absolute Gasteiger partial charge is 0.291 e. The molecule has 0 aromatic heterocycles. The van der Waals surface area contributed by atoms with Gasteiger partial charge in [-0.3, -0.25) is 11.5 Å². The first kappa shape index (κ1) is 10.4. The Morgan fingerprint density at radius 3 is 1.93 bits per heavy atom. The summed E-state index contributed by atoms with van der Waals surface area (Å²) in [5.74, 6) is -0.0650. The number of hydrogen-bond donors (Lipinski definition) is 3. The molecule has 0 aliphatic carbocycles. The molecule has 0 unspecified atom stereocenters. The van der Waals surface area contributed by atoms with E-state index in [0.29, 0.717) is 5.69 Å². The van der Waals surface area contributed by atoms with Crippen molar-refractivity contribution in [2.24, 2.45) is 11.5 Å². The number of alkyl halides is 3. The summed E-state index contributed by atoms with van der Waals surface area (Å²) < 4.78 is 36.3. The Labute approximate surface area is 78.2 Å². The highest BCUT2D eigenvalue weighted by Crippen LogP contribution is 2.29. The maximum absolute atomic E-state index is 12.1. The van der Waals surface area contributed by atoms with E-state index in [2.05, 4.69) is 4.99 Å². The molecule has 0 saturated heterocycles. The zero-order valence-electron chi connectivity index (χ0n) is 7.10. The van der Waals surface area contributed by atoms with Gasteiger partial charge in [0, 0.05) is 0 Å². The minimum absolute atomic E-state index is 0.0650. The predicted octanol–water partition coefficient (Wildman–Crippen LogP) is -0.309. The van der Waals surface area contributed by atoms with Crippen LogP contribution in [0.3, 0.4) is 0 Å². The maximum Gasteiger partial charge on any atom is 0.416 e. The monoisotopic (exact) mass is 204 g/mol. The average Bonchev–Trinajstić information content (AvgIpc) is 2.02. The van der Waals surface area contributed by atoms with Gasteiger partial charge in [-0.25, -0.2) is 4.99 Å². The lowest BCUT2D eigenvalue weighted by Gasteiger charge is -2.05. The highest BCUT2D eigenvalue weighted by atomic mass is 19.4. The van der Waals surface area contributed by atoms with Gasteiger partial charge >= 0.3 is 12.1 Å². The molecule has 0 bridgehead atoms. The molecule has 0 spiro atoms. The molecule has 5 N–H and O–H groups in total. The average molecular weight is 204 g/mol. The summed E-state index contributed by atoms with van der Waals surface area (Å²) in [6.07, 6.45) is -4.32. The van der Waals surface area contributed by atoms with E-state index >= 15 is 0 Å². The quantitative estimate of drug-likeness (QED) is 0.434. The molecule has 3 nitrogen and oxygen atoms in total. The van der Waals surface area contributed by atoms with E-state index in [0.717, 1.165) is 12.1 Å². The van der Waals surface area contributed by atoms with Crippen LogP contribution < -0.4 is 16.5 Å². The second kappa shape index (κ2) is 3.57. The number of guanidine groups is 1. The van der Waals surface area contributed by atoms with Gasteiger partial charge in [0.1, 0.15) is 0 Å².